The Morgan fingerprint density at radius 2 is 2.00 bits per heavy atom. The van der Waals surface area contributed by atoms with Crippen LogP contribution in [0.1, 0.15) is 10.4 Å². The lowest BCUT2D eigenvalue weighted by molar-refractivity contribution is 0.108. The lowest BCUT2D eigenvalue weighted by Crippen LogP contribution is -1.98. The smallest absolute Gasteiger partial charge is 0.254 e. The van der Waals surface area contributed by atoms with Crippen molar-refractivity contribution in [3.05, 3.63) is 26.6 Å². The molecule has 1 rings (SSSR count). The molecule has 12 heavy (non-hydrogen) atoms. The third-order valence-corrected chi connectivity index (χ3v) is 2.62. The number of hydrogen-bond donors (Lipinski definition) is 1. The normalized spacial score (nSPS) is 9.92. The van der Waals surface area contributed by atoms with Gasteiger partial charge in [-0.3, -0.25) is 4.79 Å². The molecule has 1 aromatic rings. The molecule has 0 spiro atoms. The number of halogens is 3. The molecule has 0 aliphatic rings. The van der Waals surface area contributed by atoms with Crippen LogP contribution < -0.4 is 5.73 Å². The van der Waals surface area contributed by atoms with Crippen LogP contribution >= 0.6 is 43.5 Å². The van der Waals surface area contributed by atoms with Gasteiger partial charge in [-0.1, -0.05) is 15.9 Å². The molecule has 2 N–H and O–H groups in total. The van der Waals surface area contributed by atoms with Gasteiger partial charge in [-0.25, -0.2) is 0 Å². The summed E-state index contributed by atoms with van der Waals surface area (Å²) in [5, 5.41) is -0.561. The van der Waals surface area contributed by atoms with Crippen LogP contribution in [-0.2, 0) is 0 Å². The molecule has 0 aromatic heterocycles. The van der Waals surface area contributed by atoms with Crippen molar-refractivity contribution in [3.8, 4) is 0 Å². The number of nitrogen functional groups attached to an aromatic ring is 1. The first kappa shape index (κ1) is 10.0. The molecule has 1 aromatic carbocycles. The van der Waals surface area contributed by atoms with Crippen LogP contribution in [-0.4, -0.2) is 5.24 Å². The Kier molecular flexibility index (Phi) is 3.15. The molecule has 0 saturated heterocycles. The monoisotopic (exact) mass is 311 g/mol. The maximum Gasteiger partial charge on any atom is 0.254 e. The van der Waals surface area contributed by atoms with Crippen LogP contribution in [0.4, 0.5) is 5.69 Å². The Morgan fingerprint density at radius 1 is 1.42 bits per heavy atom. The summed E-state index contributed by atoms with van der Waals surface area (Å²) in [5.74, 6) is 0. The summed E-state index contributed by atoms with van der Waals surface area (Å²) in [4.78, 5) is 10.8. The van der Waals surface area contributed by atoms with Crippen molar-refractivity contribution < 1.29 is 4.79 Å². The second-order valence-corrected chi connectivity index (χ2v) is 4.24. The van der Waals surface area contributed by atoms with E-state index >= 15 is 0 Å². The fourth-order valence-corrected chi connectivity index (χ4v) is 2.13. The Labute approximate surface area is 91.3 Å². The van der Waals surface area contributed by atoms with Crippen molar-refractivity contribution >= 4 is 54.4 Å². The summed E-state index contributed by atoms with van der Waals surface area (Å²) in [7, 11) is 0. The van der Waals surface area contributed by atoms with E-state index in [1.807, 2.05) is 0 Å². The Balaban J connectivity index is 3.37. The van der Waals surface area contributed by atoms with Gasteiger partial charge in [-0.05, 0) is 39.7 Å². The van der Waals surface area contributed by atoms with Gasteiger partial charge in [-0.15, -0.1) is 0 Å². The molecule has 0 saturated carbocycles. The first-order valence-corrected chi connectivity index (χ1v) is 4.93. The van der Waals surface area contributed by atoms with Crippen LogP contribution in [0.3, 0.4) is 0 Å². The van der Waals surface area contributed by atoms with Crippen LogP contribution in [0.2, 0.25) is 0 Å². The van der Waals surface area contributed by atoms with Gasteiger partial charge in [0.05, 0.1) is 11.3 Å². The predicted octanol–water partition coefficient (Wildman–Crippen LogP) is 3.17. The van der Waals surface area contributed by atoms with Crippen molar-refractivity contribution in [3.63, 3.8) is 0 Å². The standard InChI is InChI=1S/C7H4Br2ClNO/c8-3-1-4(7(10)12)6(11)5(9)2-3/h1-2H,11H2. The van der Waals surface area contributed by atoms with E-state index in [-0.39, 0.29) is 0 Å². The minimum absolute atomic E-state index is 0.304. The highest BCUT2D eigenvalue weighted by Crippen LogP contribution is 2.28. The van der Waals surface area contributed by atoms with E-state index in [0.29, 0.717) is 15.7 Å². The maximum absolute atomic E-state index is 10.8. The molecule has 0 bridgehead atoms. The van der Waals surface area contributed by atoms with E-state index in [4.69, 9.17) is 17.3 Å². The van der Waals surface area contributed by atoms with Crippen molar-refractivity contribution in [2.24, 2.45) is 0 Å². The number of anilines is 1. The Morgan fingerprint density at radius 3 is 2.50 bits per heavy atom. The van der Waals surface area contributed by atoms with Gasteiger partial charge >= 0.3 is 0 Å². The zero-order valence-electron chi connectivity index (χ0n) is 5.77. The fraction of sp³-hybridized carbons (Fsp3) is 0. The average Bonchev–Trinajstić information content (AvgIpc) is 1.96. The lowest BCUT2D eigenvalue weighted by atomic mass is 10.2. The second kappa shape index (κ2) is 3.77. The quantitative estimate of drug-likeness (QED) is 0.639. The summed E-state index contributed by atoms with van der Waals surface area (Å²) >= 11 is 11.7. The number of nitrogens with two attached hydrogens (primary N) is 1. The van der Waals surface area contributed by atoms with E-state index < -0.39 is 5.24 Å². The molecule has 5 heteroatoms. The molecule has 0 aliphatic heterocycles. The molecule has 0 heterocycles. The molecule has 0 fully saturated rings. The predicted molar refractivity (Wildman–Crippen MR) is 56.4 cm³/mol. The fourth-order valence-electron chi connectivity index (χ4n) is 0.747. The highest BCUT2D eigenvalue weighted by Gasteiger charge is 2.10. The summed E-state index contributed by atoms with van der Waals surface area (Å²) in [6.07, 6.45) is 0. The van der Waals surface area contributed by atoms with E-state index in [2.05, 4.69) is 31.9 Å². The van der Waals surface area contributed by atoms with Crippen LogP contribution in [0, 0.1) is 0 Å². The minimum Gasteiger partial charge on any atom is -0.397 e. The maximum atomic E-state index is 10.8. The first-order valence-electron chi connectivity index (χ1n) is 2.96. The van der Waals surface area contributed by atoms with Crippen molar-refractivity contribution in [2.75, 3.05) is 5.73 Å². The Hall–Kier alpha value is -0.0600. The third-order valence-electron chi connectivity index (χ3n) is 1.31. The molecule has 0 radical (unpaired) electrons. The van der Waals surface area contributed by atoms with Crippen LogP contribution in [0.5, 0.6) is 0 Å². The number of rotatable bonds is 1. The SMILES string of the molecule is Nc1c(Br)cc(Br)cc1C(=O)Cl. The number of carbonyl (C=O) groups excluding carboxylic acids is 1. The second-order valence-electron chi connectivity index (χ2n) is 2.12. The van der Waals surface area contributed by atoms with E-state index in [0.717, 1.165) is 4.47 Å². The van der Waals surface area contributed by atoms with Gasteiger partial charge in [0.15, 0.2) is 0 Å². The highest BCUT2D eigenvalue weighted by atomic mass is 79.9. The van der Waals surface area contributed by atoms with Gasteiger partial charge in [0.1, 0.15) is 0 Å². The molecular weight excluding hydrogens is 309 g/mol. The highest BCUT2D eigenvalue weighted by molar-refractivity contribution is 9.11. The summed E-state index contributed by atoms with van der Waals surface area (Å²) in [5.41, 5.74) is 6.24. The lowest BCUT2D eigenvalue weighted by Gasteiger charge is -2.03. The Bertz CT molecular complexity index is 340. The molecule has 0 unspecified atom stereocenters. The zero-order valence-corrected chi connectivity index (χ0v) is 9.70. The van der Waals surface area contributed by atoms with Crippen molar-refractivity contribution in [1.82, 2.24) is 0 Å². The number of benzene rings is 1. The largest absolute Gasteiger partial charge is 0.397 e. The molecular formula is C7H4Br2ClNO. The number of carbonyl (C=O) groups is 1. The summed E-state index contributed by atoms with van der Waals surface area (Å²) < 4.78 is 1.41. The molecule has 0 atom stereocenters. The van der Waals surface area contributed by atoms with Crippen molar-refractivity contribution in [2.45, 2.75) is 0 Å². The molecule has 0 amide bonds. The van der Waals surface area contributed by atoms with Gasteiger partial charge in [-0.2, -0.15) is 0 Å². The first-order chi connectivity index (χ1) is 5.52. The summed E-state index contributed by atoms with van der Waals surface area (Å²) in [6.45, 7) is 0. The topological polar surface area (TPSA) is 43.1 Å². The third kappa shape index (κ3) is 2.00. The van der Waals surface area contributed by atoms with E-state index in [9.17, 15) is 4.79 Å². The molecule has 0 aliphatic carbocycles. The van der Waals surface area contributed by atoms with E-state index in [1.54, 1.807) is 12.1 Å². The minimum atomic E-state index is -0.561. The van der Waals surface area contributed by atoms with Gasteiger partial charge in [0.25, 0.3) is 5.24 Å². The summed E-state index contributed by atoms with van der Waals surface area (Å²) in [6, 6.07) is 3.33. The van der Waals surface area contributed by atoms with Crippen molar-refractivity contribution in [1.29, 1.82) is 0 Å². The van der Waals surface area contributed by atoms with Gasteiger partial charge in [0.2, 0.25) is 0 Å². The molecule has 64 valence electrons. The van der Waals surface area contributed by atoms with Crippen LogP contribution in [0.25, 0.3) is 0 Å². The van der Waals surface area contributed by atoms with E-state index in [1.165, 1.54) is 0 Å². The molecule has 2 nitrogen and oxygen atoms in total. The average molecular weight is 313 g/mol. The van der Waals surface area contributed by atoms with Gasteiger partial charge in [0, 0.05) is 8.95 Å². The van der Waals surface area contributed by atoms with Crippen LogP contribution in [0.15, 0.2) is 21.1 Å². The zero-order chi connectivity index (χ0) is 9.30. The van der Waals surface area contributed by atoms with Gasteiger partial charge < -0.3 is 5.73 Å². The number of hydrogen-bond acceptors (Lipinski definition) is 2.